The van der Waals surface area contributed by atoms with E-state index in [0.29, 0.717) is 6.29 Å². The van der Waals surface area contributed by atoms with E-state index in [1.54, 1.807) is 0 Å². The zero-order valence-electron chi connectivity index (χ0n) is 9.59. The van der Waals surface area contributed by atoms with Gasteiger partial charge in [0.2, 0.25) is 0 Å². The lowest BCUT2D eigenvalue weighted by molar-refractivity contribution is -0.137. The highest BCUT2D eigenvalue weighted by Gasteiger charge is 2.30. The maximum absolute atomic E-state index is 12.5. The van der Waals surface area contributed by atoms with Crippen molar-refractivity contribution in [2.75, 3.05) is 0 Å². The second-order valence-corrected chi connectivity index (χ2v) is 3.69. The Labute approximate surface area is 106 Å². The Morgan fingerprint density at radius 1 is 1.32 bits per heavy atom. The van der Waals surface area contributed by atoms with Gasteiger partial charge in [0.1, 0.15) is 12.0 Å². The number of carbonyl (C=O) groups excluding carboxylic acids is 1. The summed E-state index contributed by atoms with van der Waals surface area (Å²) in [6, 6.07) is 4.53. The molecule has 0 aliphatic heterocycles. The molecule has 0 aliphatic rings. The molecule has 2 aromatic rings. The largest absolute Gasteiger partial charge is 0.454 e. The van der Waals surface area contributed by atoms with E-state index in [-0.39, 0.29) is 18.0 Å². The lowest BCUT2D eigenvalue weighted by Crippen LogP contribution is -2.04. The van der Waals surface area contributed by atoms with Crippen molar-refractivity contribution in [1.29, 1.82) is 0 Å². The summed E-state index contributed by atoms with van der Waals surface area (Å²) in [6.45, 7) is 0.0615. The van der Waals surface area contributed by atoms with Gasteiger partial charge in [-0.1, -0.05) is 6.07 Å². The molecule has 0 saturated carbocycles. The van der Waals surface area contributed by atoms with Crippen molar-refractivity contribution in [2.45, 2.75) is 12.7 Å². The van der Waals surface area contributed by atoms with Gasteiger partial charge in [-0.2, -0.15) is 18.3 Å². The van der Waals surface area contributed by atoms with E-state index < -0.39 is 11.7 Å². The molecule has 7 heteroatoms. The number of ether oxygens (including phenoxy) is 1. The Balaban J connectivity index is 2.16. The molecule has 19 heavy (non-hydrogen) atoms. The normalized spacial score (nSPS) is 11.3. The fourth-order valence-corrected chi connectivity index (χ4v) is 1.45. The first-order valence-corrected chi connectivity index (χ1v) is 5.30. The number of aromatic nitrogens is 2. The molecule has 0 spiro atoms. The monoisotopic (exact) mass is 270 g/mol. The van der Waals surface area contributed by atoms with Gasteiger partial charge in [-0.25, -0.2) is 0 Å². The molecule has 0 aliphatic carbocycles. The standard InChI is InChI=1S/C12H9F3N2O2/c13-12(14,15)9-2-1-3-10(6-9)19-11-7-16-17(8-11)4-5-18/h1-3,5-8H,4H2. The third-order valence-corrected chi connectivity index (χ3v) is 2.27. The predicted octanol–water partition coefficient (Wildman–Crippen LogP) is 2.89. The number of hydrogen-bond acceptors (Lipinski definition) is 3. The highest BCUT2D eigenvalue weighted by molar-refractivity contribution is 5.49. The molecule has 1 aromatic carbocycles. The summed E-state index contributed by atoms with van der Waals surface area (Å²) in [5.74, 6) is 0.321. The van der Waals surface area contributed by atoms with Crippen LogP contribution in [0, 0.1) is 0 Å². The lowest BCUT2D eigenvalue weighted by Gasteiger charge is -2.08. The van der Waals surface area contributed by atoms with Crippen LogP contribution in [-0.2, 0) is 17.5 Å². The van der Waals surface area contributed by atoms with Crippen LogP contribution in [0.5, 0.6) is 11.5 Å². The maximum atomic E-state index is 12.5. The molecule has 0 unspecified atom stereocenters. The number of aldehydes is 1. The number of benzene rings is 1. The van der Waals surface area contributed by atoms with Gasteiger partial charge in [-0.15, -0.1) is 0 Å². The number of halogens is 3. The van der Waals surface area contributed by atoms with Crippen molar-refractivity contribution in [3.8, 4) is 11.5 Å². The number of carbonyl (C=O) groups is 1. The van der Waals surface area contributed by atoms with Crippen LogP contribution in [0.15, 0.2) is 36.7 Å². The Kier molecular flexibility index (Phi) is 3.55. The van der Waals surface area contributed by atoms with Crippen LogP contribution in [0.4, 0.5) is 13.2 Å². The first-order chi connectivity index (χ1) is 8.99. The number of alkyl halides is 3. The van der Waals surface area contributed by atoms with Crippen molar-refractivity contribution < 1.29 is 22.7 Å². The summed E-state index contributed by atoms with van der Waals surface area (Å²) in [5.41, 5.74) is -0.787. The molecule has 0 saturated heterocycles. The Morgan fingerprint density at radius 3 is 2.79 bits per heavy atom. The first-order valence-electron chi connectivity index (χ1n) is 5.30. The third kappa shape index (κ3) is 3.34. The van der Waals surface area contributed by atoms with Gasteiger partial charge in [0.15, 0.2) is 5.75 Å². The Bertz CT molecular complexity index is 578. The second-order valence-electron chi connectivity index (χ2n) is 3.69. The fraction of sp³-hybridized carbons (Fsp3) is 0.167. The summed E-state index contributed by atoms with van der Waals surface area (Å²) in [4.78, 5) is 10.3. The maximum Gasteiger partial charge on any atom is 0.416 e. The van der Waals surface area contributed by atoms with Crippen LogP contribution in [0.3, 0.4) is 0 Å². The first kappa shape index (κ1) is 13.1. The average molecular weight is 270 g/mol. The van der Waals surface area contributed by atoms with Gasteiger partial charge >= 0.3 is 6.18 Å². The number of nitrogens with zero attached hydrogens (tertiary/aromatic N) is 2. The van der Waals surface area contributed by atoms with Crippen molar-refractivity contribution >= 4 is 6.29 Å². The quantitative estimate of drug-likeness (QED) is 0.802. The van der Waals surface area contributed by atoms with Gasteiger partial charge in [-0.3, -0.25) is 4.68 Å². The SMILES string of the molecule is O=CCn1cc(Oc2cccc(C(F)(F)F)c2)cn1. The zero-order valence-corrected chi connectivity index (χ0v) is 9.59. The summed E-state index contributed by atoms with van der Waals surface area (Å²) in [7, 11) is 0. The van der Waals surface area contributed by atoms with Gasteiger partial charge in [0.05, 0.1) is 24.5 Å². The van der Waals surface area contributed by atoms with Gasteiger partial charge in [-0.05, 0) is 18.2 Å². The van der Waals surface area contributed by atoms with E-state index in [4.69, 9.17) is 4.74 Å². The molecule has 0 atom stereocenters. The lowest BCUT2D eigenvalue weighted by atomic mass is 10.2. The van der Waals surface area contributed by atoms with Crippen LogP contribution in [0.25, 0.3) is 0 Å². The molecule has 2 rings (SSSR count). The summed E-state index contributed by atoms with van der Waals surface area (Å²) in [5, 5.41) is 3.81. The minimum absolute atomic E-state index is 0.0560. The highest BCUT2D eigenvalue weighted by atomic mass is 19.4. The van der Waals surface area contributed by atoms with E-state index in [2.05, 4.69) is 5.10 Å². The molecular formula is C12H9F3N2O2. The van der Waals surface area contributed by atoms with Crippen LogP contribution in [0.1, 0.15) is 5.56 Å². The van der Waals surface area contributed by atoms with Crippen molar-refractivity contribution in [2.24, 2.45) is 0 Å². The molecule has 1 heterocycles. The predicted molar refractivity (Wildman–Crippen MR) is 59.8 cm³/mol. The fourth-order valence-electron chi connectivity index (χ4n) is 1.45. The Hall–Kier alpha value is -2.31. The second kappa shape index (κ2) is 5.13. The van der Waals surface area contributed by atoms with E-state index in [9.17, 15) is 18.0 Å². The number of hydrogen-bond donors (Lipinski definition) is 0. The molecule has 0 N–H and O–H groups in total. The zero-order chi connectivity index (χ0) is 13.9. The number of rotatable bonds is 4. The average Bonchev–Trinajstić information content (AvgIpc) is 2.76. The molecule has 0 amide bonds. The third-order valence-electron chi connectivity index (χ3n) is 2.27. The van der Waals surface area contributed by atoms with Crippen LogP contribution in [-0.4, -0.2) is 16.1 Å². The highest BCUT2D eigenvalue weighted by Crippen LogP contribution is 2.32. The smallest absolute Gasteiger partial charge is 0.416 e. The molecule has 0 fully saturated rings. The van der Waals surface area contributed by atoms with Gasteiger partial charge in [0.25, 0.3) is 0 Å². The van der Waals surface area contributed by atoms with Crippen molar-refractivity contribution in [3.05, 3.63) is 42.2 Å². The minimum atomic E-state index is -4.42. The van der Waals surface area contributed by atoms with Crippen LogP contribution >= 0.6 is 0 Å². The van der Waals surface area contributed by atoms with Crippen molar-refractivity contribution in [1.82, 2.24) is 9.78 Å². The summed E-state index contributed by atoms with van der Waals surface area (Å²) < 4.78 is 44.1. The van der Waals surface area contributed by atoms with Crippen LogP contribution < -0.4 is 4.74 Å². The topological polar surface area (TPSA) is 44.1 Å². The molecule has 0 bridgehead atoms. The van der Waals surface area contributed by atoms with Gasteiger partial charge < -0.3 is 9.53 Å². The van der Waals surface area contributed by atoms with Crippen molar-refractivity contribution in [3.63, 3.8) is 0 Å². The minimum Gasteiger partial charge on any atom is -0.454 e. The Morgan fingerprint density at radius 2 is 2.11 bits per heavy atom. The van der Waals surface area contributed by atoms with E-state index in [1.165, 1.54) is 29.2 Å². The summed E-state index contributed by atoms with van der Waals surface area (Å²) >= 11 is 0. The molecule has 100 valence electrons. The van der Waals surface area contributed by atoms with E-state index in [1.807, 2.05) is 0 Å². The molecule has 1 aromatic heterocycles. The van der Waals surface area contributed by atoms with E-state index in [0.717, 1.165) is 12.1 Å². The van der Waals surface area contributed by atoms with Crippen LogP contribution in [0.2, 0.25) is 0 Å². The molecular weight excluding hydrogens is 261 g/mol. The molecule has 0 radical (unpaired) electrons. The van der Waals surface area contributed by atoms with E-state index >= 15 is 0 Å². The van der Waals surface area contributed by atoms with Gasteiger partial charge in [0, 0.05) is 0 Å². The summed E-state index contributed by atoms with van der Waals surface area (Å²) in [6.07, 6.45) is -1.01. The molecule has 4 nitrogen and oxygen atoms in total.